The first-order valence-electron chi connectivity index (χ1n) is 7.05. The van der Waals surface area contributed by atoms with Gasteiger partial charge >= 0.3 is 0 Å². The summed E-state index contributed by atoms with van der Waals surface area (Å²) in [5, 5.41) is 0. The van der Waals surface area contributed by atoms with E-state index >= 15 is 0 Å². The Balaban J connectivity index is 1.55. The maximum atomic E-state index is 11.9. The van der Waals surface area contributed by atoms with Crippen molar-refractivity contribution in [3.05, 3.63) is 29.3 Å². The molecule has 0 N–H and O–H groups in total. The van der Waals surface area contributed by atoms with Crippen molar-refractivity contribution in [2.45, 2.75) is 6.54 Å². The number of fused-ring (bicyclic) bond motifs is 1. The number of rotatable bonds is 4. The zero-order chi connectivity index (χ0) is 13.9. The fraction of sp³-hybridized carbons (Fsp3) is 0.533. The Morgan fingerprint density at radius 3 is 2.90 bits per heavy atom. The highest BCUT2D eigenvalue weighted by molar-refractivity contribution is 5.98. The minimum atomic E-state index is 0.0821. The van der Waals surface area contributed by atoms with Crippen LogP contribution in [-0.4, -0.2) is 62.2 Å². The SMILES string of the molecule is CN1Cc2ccc(OCCN3CCOCC3)cc2C1=O. The second-order valence-electron chi connectivity index (χ2n) is 5.28. The summed E-state index contributed by atoms with van der Waals surface area (Å²) < 4.78 is 11.1. The maximum Gasteiger partial charge on any atom is 0.254 e. The van der Waals surface area contributed by atoms with Gasteiger partial charge in [-0.3, -0.25) is 9.69 Å². The Morgan fingerprint density at radius 2 is 2.10 bits per heavy atom. The molecule has 1 saturated heterocycles. The van der Waals surface area contributed by atoms with Crippen molar-refractivity contribution in [1.82, 2.24) is 9.80 Å². The minimum Gasteiger partial charge on any atom is -0.492 e. The van der Waals surface area contributed by atoms with Gasteiger partial charge in [-0.1, -0.05) is 6.07 Å². The van der Waals surface area contributed by atoms with Crippen LogP contribution in [0, 0.1) is 0 Å². The number of carbonyl (C=O) groups is 1. The van der Waals surface area contributed by atoms with E-state index in [-0.39, 0.29) is 5.91 Å². The lowest BCUT2D eigenvalue weighted by Crippen LogP contribution is -2.38. The van der Waals surface area contributed by atoms with Gasteiger partial charge < -0.3 is 14.4 Å². The highest BCUT2D eigenvalue weighted by Crippen LogP contribution is 2.25. The number of carbonyl (C=O) groups excluding carboxylic acids is 1. The molecule has 0 atom stereocenters. The quantitative estimate of drug-likeness (QED) is 0.822. The summed E-state index contributed by atoms with van der Waals surface area (Å²) in [7, 11) is 1.82. The molecule has 108 valence electrons. The van der Waals surface area contributed by atoms with E-state index in [0.29, 0.717) is 13.2 Å². The number of morpholine rings is 1. The van der Waals surface area contributed by atoms with Crippen LogP contribution >= 0.6 is 0 Å². The van der Waals surface area contributed by atoms with E-state index in [4.69, 9.17) is 9.47 Å². The highest BCUT2D eigenvalue weighted by Gasteiger charge is 2.24. The molecule has 0 unspecified atom stereocenters. The Kier molecular flexibility index (Phi) is 3.89. The third kappa shape index (κ3) is 2.78. The van der Waals surface area contributed by atoms with Crippen LogP contribution in [0.5, 0.6) is 5.75 Å². The summed E-state index contributed by atoms with van der Waals surface area (Å²) in [6, 6.07) is 5.80. The smallest absolute Gasteiger partial charge is 0.254 e. The Bertz CT molecular complexity index is 498. The third-order valence-corrected chi connectivity index (χ3v) is 3.85. The zero-order valence-corrected chi connectivity index (χ0v) is 11.8. The van der Waals surface area contributed by atoms with Crippen molar-refractivity contribution in [3.8, 4) is 5.75 Å². The zero-order valence-electron chi connectivity index (χ0n) is 11.8. The van der Waals surface area contributed by atoms with Crippen LogP contribution in [-0.2, 0) is 11.3 Å². The van der Waals surface area contributed by atoms with Crippen molar-refractivity contribution in [2.24, 2.45) is 0 Å². The summed E-state index contributed by atoms with van der Waals surface area (Å²) in [4.78, 5) is 16.0. The summed E-state index contributed by atoms with van der Waals surface area (Å²) in [6.07, 6.45) is 0. The Labute approximate surface area is 119 Å². The monoisotopic (exact) mass is 276 g/mol. The van der Waals surface area contributed by atoms with Crippen LogP contribution in [0.3, 0.4) is 0 Å². The average Bonchev–Trinajstić information content (AvgIpc) is 2.76. The second-order valence-corrected chi connectivity index (χ2v) is 5.28. The van der Waals surface area contributed by atoms with Crippen molar-refractivity contribution in [2.75, 3.05) is 46.5 Å². The van der Waals surface area contributed by atoms with Gasteiger partial charge in [0.15, 0.2) is 0 Å². The fourth-order valence-corrected chi connectivity index (χ4v) is 2.63. The molecule has 0 aliphatic carbocycles. The predicted molar refractivity (Wildman–Crippen MR) is 75.0 cm³/mol. The number of benzene rings is 1. The second kappa shape index (κ2) is 5.81. The number of ether oxygens (including phenoxy) is 2. The molecule has 5 nitrogen and oxygen atoms in total. The lowest BCUT2D eigenvalue weighted by Gasteiger charge is -2.26. The lowest BCUT2D eigenvalue weighted by atomic mass is 10.1. The molecule has 5 heteroatoms. The van der Waals surface area contributed by atoms with E-state index in [1.54, 1.807) is 4.90 Å². The van der Waals surface area contributed by atoms with Crippen molar-refractivity contribution >= 4 is 5.91 Å². The molecule has 2 heterocycles. The molecule has 0 aromatic heterocycles. The molecular formula is C15H20N2O3. The maximum absolute atomic E-state index is 11.9. The summed E-state index contributed by atoms with van der Waals surface area (Å²) in [6.45, 7) is 5.78. The Hall–Kier alpha value is -1.59. The van der Waals surface area contributed by atoms with Gasteiger partial charge in [0.05, 0.1) is 13.2 Å². The first-order chi connectivity index (χ1) is 9.74. The topological polar surface area (TPSA) is 42.0 Å². The van der Waals surface area contributed by atoms with E-state index in [2.05, 4.69) is 4.90 Å². The number of hydrogen-bond donors (Lipinski definition) is 0. The third-order valence-electron chi connectivity index (χ3n) is 3.85. The highest BCUT2D eigenvalue weighted by atomic mass is 16.5. The molecule has 0 saturated carbocycles. The summed E-state index contributed by atoms with van der Waals surface area (Å²) >= 11 is 0. The molecule has 1 amide bonds. The van der Waals surface area contributed by atoms with Crippen LogP contribution in [0.25, 0.3) is 0 Å². The van der Waals surface area contributed by atoms with Crippen molar-refractivity contribution < 1.29 is 14.3 Å². The predicted octanol–water partition coefficient (Wildman–Crippen LogP) is 0.983. The standard InChI is InChI=1S/C15H20N2O3/c1-16-11-12-2-3-13(10-14(12)15(16)18)20-9-6-17-4-7-19-8-5-17/h2-3,10H,4-9,11H2,1H3. The molecule has 2 aliphatic heterocycles. The summed E-state index contributed by atoms with van der Waals surface area (Å²) in [5.41, 5.74) is 1.86. The van der Waals surface area contributed by atoms with Gasteiger partial charge in [0, 0.05) is 38.8 Å². The molecule has 0 radical (unpaired) electrons. The van der Waals surface area contributed by atoms with E-state index in [0.717, 1.165) is 49.7 Å². The normalized spacial score (nSPS) is 19.2. The molecule has 1 aromatic rings. The van der Waals surface area contributed by atoms with Crippen molar-refractivity contribution in [1.29, 1.82) is 0 Å². The molecule has 1 fully saturated rings. The van der Waals surface area contributed by atoms with Crippen LogP contribution in [0.4, 0.5) is 0 Å². The van der Waals surface area contributed by atoms with Gasteiger partial charge in [-0.15, -0.1) is 0 Å². The van der Waals surface area contributed by atoms with Gasteiger partial charge in [-0.25, -0.2) is 0 Å². The van der Waals surface area contributed by atoms with Gasteiger partial charge in [0.2, 0.25) is 0 Å². The van der Waals surface area contributed by atoms with E-state index in [1.807, 2.05) is 25.2 Å². The van der Waals surface area contributed by atoms with Gasteiger partial charge in [0.1, 0.15) is 12.4 Å². The van der Waals surface area contributed by atoms with Crippen LogP contribution in [0.1, 0.15) is 15.9 Å². The van der Waals surface area contributed by atoms with E-state index in [1.165, 1.54) is 0 Å². The van der Waals surface area contributed by atoms with Crippen LogP contribution in [0.2, 0.25) is 0 Å². The van der Waals surface area contributed by atoms with E-state index < -0.39 is 0 Å². The van der Waals surface area contributed by atoms with Gasteiger partial charge in [0.25, 0.3) is 5.91 Å². The largest absolute Gasteiger partial charge is 0.492 e. The fourth-order valence-electron chi connectivity index (χ4n) is 2.63. The number of amides is 1. The minimum absolute atomic E-state index is 0.0821. The molecule has 0 bridgehead atoms. The first kappa shape index (κ1) is 13.4. The molecule has 1 aromatic carbocycles. The van der Waals surface area contributed by atoms with Crippen LogP contribution in [0.15, 0.2) is 18.2 Å². The van der Waals surface area contributed by atoms with Crippen LogP contribution < -0.4 is 4.74 Å². The molecule has 2 aliphatic rings. The molecular weight excluding hydrogens is 256 g/mol. The number of hydrogen-bond acceptors (Lipinski definition) is 4. The first-order valence-corrected chi connectivity index (χ1v) is 7.05. The van der Waals surface area contributed by atoms with E-state index in [9.17, 15) is 4.79 Å². The molecule has 20 heavy (non-hydrogen) atoms. The number of nitrogens with zero attached hydrogens (tertiary/aromatic N) is 2. The molecule has 3 rings (SSSR count). The van der Waals surface area contributed by atoms with Crippen molar-refractivity contribution in [3.63, 3.8) is 0 Å². The Morgan fingerprint density at radius 1 is 1.30 bits per heavy atom. The molecule has 0 spiro atoms. The van der Waals surface area contributed by atoms with Gasteiger partial charge in [-0.05, 0) is 17.7 Å². The summed E-state index contributed by atoms with van der Waals surface area (Å²) in [5.74, 6) is 0.860. The average molecular weight is 276 g/mol. The van der Waals surface area contributed by atoms with Gasteiger partial charge in [-0.2, -0.15) is 0 Å². The lowest BCUT2D eigenvalue weighted by molar-refractivity contribution is 0.0322.